The number of carbonyl (C=O) groups excluding carboxylic acids is 5. The lowest BCUT2D eigenvalue weighted by Crippen LogP contribution is -2.60. The van der Waals surface area contributed by atoms with E-state index in [1.807, 2.05) is 76.9 Å². The summed E-state index contributed by atoms with van der Waals surface area (Å²) in [4.78, 5) is 80.7. The number of ketones is 1. The maximum absolute atomic E-state index is 14.7. The third-order valence-electron chi connectivity index (χ3n) is 15.6. The van der Waals surface area contributed by atoms with Gasteiger partial charge in [-0.15, -0.1) is 11.3 Å². The van der Waals surface area contributed by atoms with Crippen molar-refractivity contribution < 1.29 is 71.3 Å². The van der Waals surface area contributed by atoms with Crippen LogP contribution in [0.3, 0.4) is 0 Å². The highest BCUT2D eigenvalue weighted by atomic mass is 32.1. The summed E-state index contributed by atoms with van der Waals surface area (Å²) in [6.45, 7) is 23.4. The predicted octanol–water partition coefficient (Wildman–Crippen LogP) is 7.30. The number of likely N-dealkylation sites (N-methyl/N-ethyl adjacent to an activating group) is 2. The van der Waals surface area contributed by atoms with Crippen LogP contribution in [-0.2, 0) is 77.8 Å². The lowest BCUT2D eigenvalue weighted by Gasteiger charge is -2.41. The highest BCUT2D eigenvalue weighted by Crippen LogP contribution is 2.33. The Labute approximate surface area is 507 Å². The first-order valence-corrected chi connectivity index (χ1v) is 31.7. The number of thiazole rings is 1. The van der Waals surface area contributed by atoms with Crippen LogP contribution in [0.15, 0.2) is 41.9 Å². The van der Waals surface area contributed by atoms with Crippen molar-refractivity contribution in [1.29, 1.82) is 0 Å². The van der Waals surface area contributed by atoms with Crippen LogP contribution < -0.4 is 5.32 Å². The number of likely N-dealkylation sites (tertiary alicyclic amines) is 1. The summed E-state index contributed by atoms with van der Waals surface area (Å²) < 4.78 is 56.6. The van der Waals surface area contributed by atoms with Crippen molar-refractivity contribution in [1.82, 2.24) is 25.0 Å². The van der Waals surface area contributed by atoms with Gasteiger partial charge in [0.25, 0.3) is 0 Å². The van der Waals surface area contributed by atoms with Gasteiger partial charge in [-0.3, -0.25) is 24.0 Å². The molecule has 0 bridgehead atoms. The molecule has 0 aliphatic carbocycles. The largest absolute Gasteiger partial charge is 0.379 e. The molecule has 1 N–H and O–H groups in total. The second-order valence-electron chi connectivity index (χ2n) is 22.4. The molecule has 0 radical (unpaired) electrons. The topological polar surface area (TPSA) is 212 Å². The van der Waals surface area contributed by atoms with E-state index in [0.717, 1.165) is 36.4 Å². The summed E-state index contributed by atoms with van der Waals surface area (Å²) >= 11 is 1.55. The molecule has 21 heteroatoms. The van der Waals surface area contributed by atoms with E-state index in [0.29, 0.717) is 118 Å². The van der Waals surface area contributed by atoms with Gasteiger partial charge >= 0.3 is 0 Å². The fourth-order valence-electron chi connectivity index (χ4n) is 10.6. The monoisotopic (exact) mass is 1210 g/mol. The molecule has 0 saturated carbocycles. The van der Waals surface area contributed by atoms with E-state index in [1.165, 1.54) is 4.90 Å². The third kappa shape index (κ3) is 26.9. The van der Waals surface area contributed by atoms with Gasteiger partial charge in [-0.2, -0.15) is 0 Å². The molecule has 1 aromatic heterocycles. The number of rotatable bonds is 49. The fourth-order valence-corrected chi connectivity index (χ4v) is 11.4. The molecule has 2 aromatic rings. The number of methoxy groups -OCH3 is 2. The zero-order valence-corrected chi connectivity index (χ0v) is 53.9. The Morgan fingerprint density at radius 2 is 1.23 bits per heavy atom. The van der Waals surface area contributed by atoms with Crippen LogP contribution in [0.1, 0.15) is 123 Å². The van der Waals surface area contributed by atoms with E-state index in [-0.39, 0.29) is 79.3 Å². The maximum Gasteiger partial charge on any atom is 0.245 e. The SMILES string of the molecule is CCCCOCCOCCOCCOCCOCCOCCOCCOCCC(=O)N(C)[C@H](C(=O)N[C@H](C(=O)N(C)[C@@H]([C@@H](C)CC)[C@@H](CC(=O)N1CCC[C@H]1[C@H](OC)[C@@H](C)C(=O)C[C@@H](Cc1ccccc1)c1nccs1)OC)C(C)C)C(C)C. The Kier molecular flexibility index (Phi) is 38.5. The van der Waals surface area contributed by atoms with Crippen LogP contribution in [0, 0.1) is 23.7 Å². The summed E-state index contributed by atoms with van der Waals surface area (Å²) in [6, 6.07) is 7.46. The molecule has 1 aromatic carbocycles. The number of hydrogen-bond donors (Lipinski definition) is 1. The molecule has 1 fully saturated rings. The number of unbranched alkanes of at least 4 members (excludes halogenated alkanes) is 1. The van der Waals surface area contributed by atoms with Crippen molar-refractivity contribution in [2.24, 2.45) is 23.7 Å². The minimum atomic E-state index is -0.939. The van der Waals surface area contributed by atoms with E-state index in [1.54, 1.807) is 50.7 Å². The Bertz CT molecular complexity index is 2070. The van der Waals surface area contributed by atoms with Gasteiger partial charge in [-0.25, -0.2) is 4.98 Å². The van der Waals surface area contributed by atoms with Gasteiger partial charge in [-0.1, -0.05) is 98.6 Å². The van der Waals surface area contributed by atoms with Gasteiger partial charge < -0.3 is 67.4 Å². The molecular formula is C63H107N5O15S. The number of aromatic nitrogens is 1. The van der Waals surface area contributed by atoms with E-state index in [9.17, 15) is 24.0 Å². The zero-order chi connectivity index (χ0) is 61.7. The van der Waals surface area contributed by atoms with Crippen molar-refractivity contribution >= 4 is 40.7 Å². The first-order valence-electron chi connectivity index (χ1n) is 30.8. The molecular weight excluding hydrogens is 1100 g/mol. The number of hydrogen-bond acceptors (Lipinski definition) is 17. The van der Waals surface area contributed by atoms with E-state index in [4.69, 9.17) is 47.4 Å². The summed E-state index contributed by atoms with van der Waals surface area (Å²) in [5, 5.41) is 5.87. The zero-order valence-electron chi connectivity index (χ0n) is 53.1. The lowest BCUT2D eigenvalue weighted by molar-refractivity contribution is -0.148. The first-order chi connectivity index (χ1) is 40.5. The molecule has 1 saturated heterocycles. The average Bonchev–Trinajstić information content (AvgIpc) is 4.27. The fraction of sp³-hybridized carbons (Fsp3) is 0.778. The number of Topliss-reactive ketones (excluding diaryl/α,β-unsaturated/α-hetero) is 1. The van der Waals surface area contributed by atoms with Gasteiger partial charge in [0.2, 0.25) is 23.6 Å². The van der Waals surface area contributed by atoms with Crippen molar-refractivity contribution in [2.75, 3.05) is 141 Å². The Balaban J connectivity index is 1.44. The molecule has 0 spiro atoms. The average molecular weight is 1210 g/mol. The summed E-state index contributed by atoms with van der Waals surface area (Å²) in [6.07, 6.45) is 5.91. The van der Waals surface area contributed by atoms with Gasteiger partial charge in [0.1, 0.15) is 17.9 Å². The molecule has 2 heterocycles. The molecule has 20 nitrogen and oxygen atoms in total. The van der Waals surface area contributed by atoms with Crippen LogP contribution in [0.25, 0.3) is 0 Å². The molecule has 1 aliphatic heterocycles. The molecule has 1 aliphatic rings. The second-order valence-corrected chi connectivity index (χ2v) is 23.4. The lowest BCUT2D eigenvalue weighted by atomic mass is 9.85. The van der Waals surface area contributed by atoms with Gasteiger partial charge in [0.15, 0.2) is 0 Å². The number of carbonyl (C=O) groups is 5. The number of nitrogens with zero attached hydrogens (tertiary/aromatic N) is 4. The van der Waals surface area contributed by atoms with Gasteiger partial charge in [0, 0.05) is 71.3 Å². The quantitative estimate of drug-likeness (QED) is 0.0644. The number of amides is 4. The molecule has 3 rings (SSSR count). The Morgan fingerprint density at radius 3 is 1.69 bits per heavy atom. The van der Waals surface area contributed by atoms with Crippen LogP contribution in [0.4, 0.5) is 0 Å². The van der Waals surface area contributed by atoms with Crippen molar-refractivity contribution in [3.63, 3.8) is 0 Å². The third-order valence-corrected chi connectivity index (χ3v) is 16.5. The Hall–Kier alpha value is -4.00. The standard InChI is InChI=1S/C63H107N5O15S/c1-13-15-26-76-28-30-78-32-34-80-36-38-82-40-41-83-39-37-81-35-33-79-31-29-77-27-23-55(70)66(9)58(47(5)6)61(72)65-57(46(3)4)63(73)67(10)59(48(7)14-2)54(74-11)45-56(71)68-25-19-22-52(68)60(75-12)49(8)53(69)44-51(62-64-24-42-84-62)43-50-20-17-16-18-21-50/h16-18,20-21,24,42,46-49,51-52,54,57-60H,13-15,19,22-23,25-41,43-45H2,1-12H3,(H,65,72)/t48-,49-,51+,52-,54+,57-,58-,59-,60+/m0/s1. The normalized spacial score (nSPS) is 16.5. The summed E-state index contributed by atoms with van der Waals surface area (Å²) in [5.74, 6) is -2.39. The minimum Gasteiger partial charge on any atom is -0.379 e. The van der Waals surface area contributed by atoms with E-state index < -0.39 is 42.2 Å². The van der Waals surface area contributed by atoms with E-state index >= 15 is 0 Å². The van der Waals surface area contributed by atoms with Crippen LogP contribution in [-0.4, -0.2) is 226 Å². The summed E-state index contributed by atoms with van der Waals surface area (Å²) in [5.41, 5.74) is 1.13. The predicted molar refractivity (Wildman–Crippen MR) is 325 cm³/mol. The summed E-state index contributed by atoms with van der Waals surface area (Å²) in [7, 11) is 6.47. The Morgan fingerprint density at radius 1 is 0.690 bits per heavy atom. The van der Waals surface area contributed by atoms with Crippen molar-refractivity contribution in [2.45, 2.75) is 155 Å². The molecule has 480 valence electrons. The van der Waals surface area contributed by atoms with Crippen molar-refractivity contribution in [3.05, 3.63) is 52.5 Å². The molecule has 9 atom stereocenters. The molecule has 84 heavy (non-hydrogen) atoms. The maximum atomic E-state index is 14.7. The van der Waals surface area contributed by atoms with E-state index in [2.05, 4.69) is 29.4 Å². The molecule has 0 unspecified atom stereocenters. The number of nitrogens with one attached hydrogen (secondary N) is 1. The van der Waals surface area contributed by atoms with Crippen LogP contribution >= 0.6 is 11.3 Å². The highest BCUT2D eigenvalue weighted by molar-refractivity contribution is 7.09. The first kappa shape index (κ1) is 74.3. The second kappa shape index (κ2) is 43.6. The van der Waals surface area contributed by atoms with Crippen LogP contribution in [0.5, 0.6) is 0 Å². The van der Waals surface area contributed by atoms with Crippen LogP contribution in [0.2, 0.25) is 0 Å². The van der Waals surface area contributed by atoms with Gasteiger partial charge in [-0.05, 0) is 49.0 Å². The number of benzene rings is 1. The minimum absolute atomic E-state index is 0.00478. The van der Waals surface area contributed by atoms with Crippen molar-refractivity contribution in [3.8, 4) is 0 Å². The highest BCUT2D eigenvalue weighted by Gasteiger charge is 2.44. The van der Waals surface area contributed by atoms with Gasteiger partial charge in [0.05, 0.1) is 141 Å². The number of ether oxygens (including phenoxy) is 10. The smallest absolute Gasteiger partial charge is 0.245 e. The molecule has 4 amide bonds.